The number of amides is 1. The molecule has 0 aromatic rings. The molecule has 0 atom stereocenters. The predicted molar refractivity (Wildman–Crippen MR) is 48.1 cm³/mol. The van der Waals surface area contributed by atoms with Crippen molar-refractivity contribution in [3.63, 3.8) is 0 Å². The Morgan fingerprint density at radius 3 is 2.50 bits per heavy atom. The Hall–Kier alpha value is -1.12. The molecule has 78 valence electrons. The second-order valence-corrected chi connectivity index (χ2v) is 3.60. The van der Waals surface area contributed by atoms with Gasteiger partial charge in [0.15, 0.2) is 0 Å². The van der Waals surface area contributed by atoms with Crippen LogP contribution < -0.4 is 0 Å². The quantitative estimate of drug-likeness (QED) is 0.611. The van der Waals surface area contributed by atoms with Crippen LogP contribution in [0.25, 0.3) is 0 Å². The minimum absolute atomic E-state index is 0.114. The molecule has 2 N–H and O–H groups in total. The molecule has 0 aromatic heterocycles. The maximum Gasteiger partial charge on any atom is 0.236 e. The molecule has 1 saturated heterocycles. The summed E-state index contributed by atoms with van der Waals surface area (Å²) >= 11 is 0. The molecule has 1 heterocycles. The number of carbonyl (C=O) groups is 1. The van der Waals surface area contributed by atoms with Gasteiger partial charge in [-0.2, -0.15) is 5.26 Å². The van der Waals surface area contributed by atoms with E-state index in [1.807, 2.05) is 0 Å². The first-order valence-corrected chi connectivity index (χ1v) is 4.59. The Morgan fingerprint density at radius 2 is 2.07 bits per heavy atom. The van der Waals surface area contributed by atoms with Gasteiger partial charge in [0.25, 0.3) is 0 Å². The van der Waals surface area contributed by atoms with Crippen molar-refractivity contribution in [2.24, 2.45) is 0 Å². The first kappa shape index (κ1) is 11.0. The Labute approximate surface area is 82.6 Å². The zero-order chi connectivity index (χ0) is 10.6. The van der Waals surface area contributed by atoms with Crippen molar-refractivity contribution < 1.29 is 15.0 Å². The molecule has 0 unspecified atom stereocenters. The summed E-state index contributed by atoms with van der Waals surface area (Å²) in [6.45, 7) is 0.558. The van der Waals surface area contributed by atoms with Crippen LogP contribution in [0.3, 0.4) is 0 Å². The van der Waals surface area contributed by atoms with Crippen molar-refractivity contribution >= 4 is 5.91 Å². The van der Waals surface area contributed by atoms with Crippen LogP contribution in [0.4, 0.5) is 0 Å². The van der Waals surface area contributed by atoms with Crippen LogP contribution in [0.1, 0.15) is 19.3 Å². The molecule has 1 aliphatic rings. The molecule has 1 fully saturated rings. The van der Waals surface area contributed by atoms with Gasteiger partial charge in [-0.05, 0) is 12.8 Å². The highest BCUT2D eigenvalue weighted by Gasteiger charge is 2.32. The van der Waals surface area contributed by atoms with Crippen molar-refractivity contribution in [2.75, 3.05) is 19.7 Å². The largest absolute Gasteiger partial charge is 0.393 e. The summed E-state index contributed by atoms with van der Waals surface area (Å²) in [5.74, 6) is -0.201. The van der Waals surface area contributed by atoms with Crippen LogP contribution in [0, 0.1) is 11.3 Å². The van der Waals surface area contributed by atoms with Crippen molar-refractivity contribution in [2.45, 2.75) is 24.9 Å². The first-order valence-electron chi connectivity index (χ1n) is 4.59. The fourth-order valence-corrected chi connectivity index (χ4v) is 1.51. The third-order valence-corrected chi connectivity index (χ3v) is 2.57. The van der Waals surface area contributed by atoms with Crippen LogP contribution >= 0.6 is 0 Å². The number of rotatable bonds is 2. The average molecular weight is 198 g/mol. The Kier molecular flexibility index (Phi) is 3.44. The van der Waals surface area contributed by atoms with Gasteiger partial charge in [-0.3, -0.25) is 4.79 Å². The lowest BCUT2D eigenvalue weighted by atomic mass is 9.92. The maximum atomic E-state index is 11.3. The molecule has 0 radical (unpaired) electrons. The van der Waals surface area contributed by atoms with Gasteiger partial charge in [0.1, 0.15) is 6.42 Å². The van der Waals surface area contributed by atoms with E-state index in [2.05, 4.69) is 0 Å². The third-order valence-electron chi connectivity index (χ3n) is 2.57. The van der Waals surface area contributed by atoms with Crippen molar-refractivity contribution in [1.82, 2.24) is 4.90 Å². The van der Waals surface area contributed by atoms with E-state index in [9.17, 15) is 9.90 Å². The van der Waals surface area contributed by atoms with E-state index in [4.69, 9.17) is 10.4 Å². The van der Waals surface area contributed by atoms with E-state index in [1.165, 1.54) is 0 Å². The number of likely N-dealkylation sites (tertiary alicyclic amines) is 1. The lowest BCUT2D eigenvalue weighted by Gasteiger charge is -2.36. The third kappa shape index (κ3) is 2.44. The zero-order valence-corrected chi connectivity index (χ0v) is 7.94. The summed E-state index contributed by atoms with van der Waals surface area (Å²) in [7, 11) is 0. The molecular formula is C9H14N2O3. The van der Waals surface area contributed by atoms with E-state index in [-0.39, 0.29) is 18.9 Å². The second kappa shape index (κ2) is 4.40. The van der Waals surface area contributed by atoms with Gasteiger partial charge in [0.05, 0.1) is 18.3 Å². The molecule has 1 amide bonds. The molecule has 0 aliphatic carbocycles. The van der Waals surface area contributed by atoms with E-state index >= 15 is 0 Å². The Bertz CT molecular complexity index is 251. The number of aliphatic hydroxyl groups is 2. The molecule has 1 aliphatic heterocycles. The van der Waals surface area contributed by atoms with Gasteiger partial charge in [-0.1, -0.05) is 0 Å². The summed E-state index contributed by atoms with van der Waals surface area (Å²) in [4.78, 5) is 12.8. The minimum atomic E-state index is -1.04. The maximum absolute atomic E-state index is 11.3. The van der Waals surface area contributed by atoms with Crippen molar-refractivity contribution in [3.05, 3.63) is 0 Å². The lowest BCUT2D eigenvalue weighted by Crippen LogP contribution is -2.48. The second-order valence-electron chi connectivity index (χ2n) is 3.60. The summed E-state index contributed by atoms with van der Waals surface area (Å²) in [6, 6.07) is 1.80. The van der Waals surface area contributed by atoms with Crippen LogP contribution in [-0.4, -0.2) is 46.3 Å². The highest BCUT2D eigenvalue weighted by atomic mass is 16.3. The van der Waals surface area contributed by atoms with Crippen LogP contribution in [0.5, 0.6) is 0 Å². The van der Waals surface area contributed by atoms with E-state index < -0.39 is 5.60 Å². The van der Waals surface area contributed by atoms with E-state index in [0.717, 1.165) is 0 Å². The summed E-state index contributed by atoms with van der Waals surface area (Å²) in [6.07, 6.45) is 0.638. The number of aliphatic hydroxyl groups excluding tert-OH is 1. The van der Waals surface area contributed by atoms with Crippen LogP contribution in [-0.2, 0) is 4.79 Å². The predicted octanol–water partition coefficient (Wildman–Crippen LogP) is -0.754. The smallest absolute Gasteiger partial charge is 0.236 e. The number of nitrogens with zero attached hydrogens (tertiary/aromatic N) is 2. The van der Waals surface area contributed by atoms with Crippen LogP contribution in [0.2, 0.25) is 0 Å². The molecule has 1 rings (SSSR count). The Morgan fingerprint density at radius 1 is 1.50 bits per heavy atom. The standard InChI is InChI=1S/C9H14N2O3/c10-4-1-8(13)11-5-2-9(14,7-12)3-6-11/h12,14H,1-3,5-7H2. The number of piperidine rings is 1. The van der Waals surface area contributed by atoms with Crippen molar-refractivity contribution in [3.8, 4) is 6.07 Å². The molecule has 0 spiro atoms. The van der Waals surface area contributed by atoms with Gasteiger partial charge >= 0.3 is 0 Å². The van der Waals surface area contributed by atoms with Gasteiger partial charge < -0.3 is 15.1 Å². The topological polar surface area (TPSA) is 84.6 Å². The SMILES string of the molecule is N#CCC(=O)N1CCC(O)(CO)CC1. The highest BCUT2D eigenvalue weighted by Crippen LogP contribution is 2.21. The van der Waals surface area contributed by atoms with Gasteiger partial charge in [-0.25, -0.2) is 0 Å². The molecule has 5 heteroatoms. The highest BCUT2D eigenvalue weighted by molar-refractivity contribution is 5.78. The monoisotopic (exact) mass is 198 g/mol. The zero-order valence-electron chi connectivity index (χ0n) is 7.94. The van der Waals surface area contributed by atoms with E-state index in [0.29, 0.717) is 25.9 Å². The molecule has 0 bridgehead atoms. The van der Waals surface area contributed by atoms with Crippen molar-refractivity contribution in [1.29, 1.82) is 5.26 Å². The fourth-order valence-electron chi connectivity index (χ4n) is 1.51. The molecule has 0 saturated carbocycles. The van der Waals surface area contributed by atoms with Gasteiger partial charge in [0, 0.05) is 13.1 Å². The lowest BCUT2D eigenvalue weighted by molar-refractivity contribution is -0.135. The fraction of sp³-hybridized carbons (Fsp3) is 0.778. The molecule has 14 heavy (non-hydrogen) atoms. The normalized spacial score (nSPS) is 20.2. The summed E-state index contributed by atoms with van der Waals surface area (Å²) < 4.78 is 0. The number of hydrogen-bond donors (Lipinski definition) is 2. The molecular weight excluding hydrogens is 184 g/mol. The van der Waals surface area contributed by atoms with E-state index in [1.54, 1.807) is 11.0 Å². The Balaban J connectivity index is 2.44. The summed E-state index contributed by atoms with van der Waals surface area (Å²) in [5, 5.41) is 26.9. The first-order chi connectivity index (χ1) is 6.61. The van der Waals surface area contributed by atoms with Gasteiger partial charge in [-0.15, -0.1) is 0 Å². The number of carbonyl (C=O) groups excluding carboxylic acids is 1. The number of hydrogen-bond acceptors (Lipinski definition) is 4. The summed E-state index contributed by atoms with van der Waals surface area (Å²) in [5.41, 5.74) is -1.04. The minimum Gasteiger partial charge on any atom is -0.393 e. The number of nitriles is 1. The molecule has 0 aromatic carbocycles. The van der Waals surface area contributed by atoms with Gasteiger partial charge in [0.2, 0.25) is 5.91 Å². The average Bonchev–Trinajstić information content (AvgIpc) is 2.19. The van der Waals surface area contributed by atoms with Crippen LogP contribution in [0.15, 0.2) is 0 Å². The molecule has 5 nitrogen and oxygen atoms in total.